The Hall–Kier alpha value is -1.46. The van der Waals surface area contributed by atoms with Gasteiger partial charge in [0, 0.05) is 23.7 Å². The van der Waals surface area contributed by atoms with Gasteiger partial charge >= 0.3 is 0 Å². The summed E-state index contributed by atoms with van der Waals surface area (Å²) in [5, 5.41) is 2.02. The average Bonchev–Trinajstić information content (AvgIpc) is 3.02. The molecule has 0 aliphatic carbocycles. The highest BCUT2D eigenvalue weighted by Crippen LogP contribution is 2.37. The van der Waals surface area contributed by atoms with Crippen LogP contribution in [0.1, 0.15) is 18.2 Å². The lowest BCUT2D eigenvalue weighted by Crippen LogP contribution is -2.29. The summed E-state index contributed by atoms with van der Waals surface area (Å²) in [6.45, 7) is 4.47. The first-order valence-corrected chi connectivity index (χ1v) is 9.04. The third-order valence-electron chi connectivity index (χ3n) is 3.42. The van der Waals surface area contributed by atoms with E-state index in [1.165, 1.54) is 17.0 Å². The molecule has 1 aromatic heterocycles. The van der Waals surface area contributed by atoms with E-state index < -0.39 is 0 Å². The number of hydrogen-bond acceptors (Lipinski definition) is 4. The number of amidine groups is 1. The molecule has 0 spiro atoms. The maximum atomic E-state index is 6.07. The molecule has 5 heteroatoms. The first kappa shape index (κ1) is 14.5. The lowest BCUT2D eigenvalue weighted by molar-refractivity contribution is 0.781. The third kappa shape index (κ3) is 3.24. The first-order chi connectivity index (χ1) is 10.3. The molecule has 21 heavy (non-hydrogen) atoms. The third-order valence-corrected chi connectivity index (χ3v) is 5.34. The van der Waals surface area contributed by atoms with E-state index in [0.29, 0.717) is 5.84 Å². The van der Waals surface area contributed by atoms with Gasteiger partial charge in [-0.05, 0) is 36.1 Å². The number of aliphatic imine (C=N–C) groups is 1. The Bertz CT molecular complexity index is 635. The number of hydrogen-bond donors (Lipinski definition) is 1. The predicted molar refractivity (Wildman–Crippen MR) is 94.4 cm³/mol. The normalized spacial score (nSPS) is 15.1. The zero-order valence-electron chi connectivity index (χ0n) is 12.1. The molecule has 2 aromatic rings. The van der Waals surface area contributed by atoms with E-state index in [1.807, 2.05) is 29.3 Å². The van der Waals surface area contributed by atoms with Crippen molar-refractivity contribution in [1.82, 2.24) is 0 Å². The van der Waals surface area contributed by atoms with Crippen LogP contribution in [0.25, 0.3) is 0 Å². The van der Waals surface area contributed by atoms with E-state index in [4.69, 9.17) is 5.73 Å². The van der Waals surface area contributed by atoms with Gasteiger partial charge in [-0.2, -0.15) is 0 Å². The monoisotopic (exact) mass is 317 g/mol. The van der Waals surface area contributed by atoms with Crippen LogP contribution in [0, 0.1) is 0 Å². The number of anilines is 1. The summed E-state index contributed by atoms with van der Waals surface area (Å²) in [5.41, 5.74) is 8.34. The van der Waals surface area contributed by atoms with Gasteiger partial charge in [-0.1, -0.05) is 13.0 Å². The minimum Gasteiger partial charge on any atom is -0.383 e. The summed E-state index contributed by atoms with van der Waals surface area (Å²) in [6, 6.07) is 10.4. The van der Waals surface area contributed by atoms with Crippen LogP contribution in [-0.2, 0) is 0 Å². The molecule has 1 aliphatic rings. The van der Waals surface area contributed by atoms with Crippen LogP contribution < -0.4 is 10.6 Å². The van der Waals surface area contributed by atoms with Gasteiger partial charge < -0.3 is 10.6 Å². The van der Waals surface area contributed by atoms with Crippen LogP contribution in [0.15, 0.2) is 45.6 Å². The largest absolute Gasteiger partial charge is 0.383 e. The molecule has 0 radical (unpaired) electrons. The molecule has 0 atom stereocenters. The Morgan fingerprint density at radius 3 is 3.05 bits per heavy atom. The molecular formula is C16H19N3S2. The number of rotatable bonds is 4. The minimum atomic E-state index is 0.594. The van der Waals surface area contributed by atoms with Gasteiger partial charge in [0.25, 0.3) is 0 Å². The van der Waals surface area contributed by atoms with Gasteiger partial charge in [-0.3, -0.25) is 0 Å². The number of thiophene rings is 1. The molecule has 110 valence electrons. The lowest BCUT2D eigenvalue weighted by atomic mass is 10.2. The van der Waals surface area contributed by atoms with Crippen LogP contribution in [0.2, 0.25) is 0 Å². The second-order valence-electron chi connectivity index (χ2n) is 4.96. The van der Waals surface area contributed by atoms with Crippen LogP contribution in [0.5, 0.6) is 0 Å². The average molecular weight is 317 g/mol. The van der Waals surface area contributed by atoms with Gasteiger partial charge in [0.15, 0.2) is 0 Å². The van der Waals surface area contributed by atoms with Crippen molar-refractivity contribution >= 4 is 40.3 Å². The van der Waals surface area contributed by atoms with Crippen molar-refractivity contribution in [2.75, 3.05) is 23.7 Å². The minimum absolute atomic E-state index is 0.594. The van der Waals surface area contributed by atoms with Gasteiger partial charge in [0.05, 0.1) is 16.3 Å². The first-order valence-electron chi connectivity index (χ1n) is 7.18. The van der Waals surface area contributed by atoms with E-state index in [-0.39, 0.29) is 0 Å². The Morgan fingerprint density at radius 1 is 1.38 bits per heavy atom. The van der Waals surface area contributed by atoms with Crippen LogP contribution in [0.3, 0.4) is 0 Å². The molecule has 0 saturated carbocycles. The van der Waals surface area contributed by atoms with E-state index in [1.54, 1.807) is 11.3 Å². The molecule has 3 rings (SSSR count). The smallest absolute Gasteiger partial charge is 0.141 e. The molecule has 3 nitrogen and oxygen atoms in total. The van der Waals surface area contributed by atoms with Gasteiger partial charge in [0.1, 0.15) is 5.84 Å². The molecular weight excluding hydrogens is 298 g/mol. The standard InChI is InChI=1S/C16H19N3S2/c1-2-7-19-8-10-21-15-11-12(5-6-13(15)19)18-16(17)14-4-3-9-20-14/h3-6,9,11H,2,7-8,10H2,1H3,(H2,17,18). The Balaban J connectivity index is 1.88. The van der Waals surface area contributed by atoms with E-state index >= 15 is 0 Å². The molecule has 0 amide bonds. The van der Waals surface area contributed by atoms with Crippen molar-refractivity contribution in [2.24, 2.45) is 10.7 Å². The Labute approximate surface area is 133 Å². The fraction of sp³-hybridized carbons (Fsp3) is 0.312. The molecule has 0 saturated heterocycles. The lowest BCUT2D eigenvalue weighted by Gasteiger charge is -2.30. The highest BCUT2D eigenvalue weighted by atomic mass is 32.2. The molecule has 1 aromatic carbocycles. The molecule has 0 fully saturated rings. The number of nitrogens with two attached hydrogens (primary N) is 1. The summed E-state index contributed by atoms with van der Waals surface area (Å²) in [6.07, 6.45) is 1.18. The maximum Gasteiger partial charge on any atom is 0.141 e. The van der Waals surface area contributed by atoms with Gasteiger partial charge in [-0.15, -0.1) is 23.1 Å². The maximum absolute atomic E-state index is 6.07. The number of benzene rings is 1. The topological polar surface area (TPSA) is 41.6 Å². The van der Waals surface area contributed by atoms with Crippen molar-refractivity contribution in [2.45, 2.75) is 18.2 Å². The summed E-state index contributed by atoms with van der Waals surface area (Å²) < 4.78 is 0. The molecule has 0 bridgehead atoms. The van der Waals surface area contributed by atoms with Crippen LogP contribution in [-0.4, -0.2) is 24.7 Å². The van der Waals surface area contributed by atoms with Crippen LogP contribution >= 0.6 is 23.1 Å². The number of thioether (sulfide) groups is 1. The second kappa shape index (κ2) is 6.54. The van der Waals surface area contributed by atoms with E-state index in [9.17, 15) is 0 Å². The SMILES string of the molecule is CCCN1CCSc2cc(N=C(N)c3cccs3)ccc21. The van der Waals surface area contributed by atoms with Gasteiger partial charge in [-0.25, -0.2) is 4.99 Å². The van der Waals surface area contributed by atoms with Gasteiger partial charge in [0.2, 0.25) is 0 Å². The van der Waals surface area contributed by atoms with Crippen molar-refractivity contribution in [3.63, 3.8) is 0 Å². The molecule has 2 N–H and O–H groups in total. The summed E-state index contributed by atoms with van der Waals surface area (Å²) in [7, 11) is 0. The summed E-state index contributed by atoms with van der Waals surface area (Å²) in [4.78, 5) is 9.35. The number of nitrogens with zero attached hydrogens (tertiary/aromatic N) is 2. The van der Waals surface area contributed by atoms with E-state index in [0.717, 1.165) is 29.4 Å². The van der Waals surface area contributed by atoms with Crippen molar-refractivity contribution < 1.29 is 0 Å². The summed E-state index contributed by atoms with van der Waals surface area (Å²) in [5.74, 6) is 1.73. The fourth-order valence-electron chi connectivity index (χ4n) is 2.46. The summed E-state index contributed by atoms with van der Waals surface area (Å²) >= 11 is 3.52. The Kier molecular flexibility index (Phi) is 4.51. The molecule has 2 heterocycles. The number of fused-ring (bicyclic) bond motifs is 1. The highest BCUT2D eigenvalue weighted by Gasteiger charge is 2.16. The molecule has 0 unspecified atom stereocenters. The van der Waals surface area contributed by atoms with Crippen molar-refractivity contribution in [3.8, 4) is 0 Å². The zero-order valence-corrected chi connectivity index (χ0v) is 13.7. The van der Waals surface area contributed by atoms with E-state index in [2.05, 4.69) is 35.0 Å². The zero-order chi connectivity index (χ0) is 14.7. The van der Waals surface area contributed by atoms with Crippen molar-refractivity contribution in [3.05, 3.63) is 40.6 Å². The van der Waals surface area contributed by atoms with Crippen molar-refractivity contribution in [1.29, 1.82) is 0 Å². The highest BCUT2D eigenvalue weighted by molar-refractivity contribution is 7.99. The quantitative estimate of drug-likeness (QED) is 0.681. The molecule has 1 aliphatic heterocycles. The Morgan fingerprint density at radius 2 is 2.29 bits per heavy atom. The second-order valence-corrected chi connectivity index (χ2v) is 7.05. The predicted octanol–water partition coefficient (Wildman–Crippen LogP) is 4.11. The van der Waals surface area contributed by atoms with Crippen LogP contribution in [0.4, 0.5) is 11.4 Å². The fourth-order valence-corrected chi connectivity index (χ4v) is 4.16.